The van der Waals surface area contributed by atoms with Crippen LogP contribution in [0.3, 0.4) is 0 Å². The predicted molar refractivity (Wildman–Crippen MR) is 82.2 cm³/mol. The summed E-state index contributed by atoms with van der Waals surface area (Å²) in [7, 11) is 0. The summed E-state index contributed by atoms with van der Waals surface area (Å²) in [6.07, 6.45) is 2.48. The van der Waals surface area contributed by atoms with Crippen LogP contribution in [0, 0.1) is 0 Å². The van der Waals surface area contributed by atoms with E-state index in [9.17, 15) is 14.4 Å². The fraction of sp³-hybridized carbons (Fsp3) is 0.176. The number of ketones is 1. The number of hydrogen-bond acceptors (Lipinski definition) is 5. The van der Waals surface area contributed by atoms with E-state index in [2.05, 4.69) is 10.3 Å². The van der Waals surface area contributed by atoms with Crippen molar-refractivity contribution in [1.29, 1.82) is 0 Å². The van der Waals surface area contributed by atoms with Crippen molar-refractivity contribution in [2.75, 3.05) is 11.9 Å². The number of fused-ring (bicyclic) bond motifs is 1. The summed E-state index contributed by atoms with van der Waals surface area (Å²) in [4.78, 5) is 39.1. The summed E-state index contributed by atoms with van der Waals surface area (Å²) in [6.45, 7) is -0.347. The van der Waals surface area contributed by atoms with Gasteiger partial charge in [-0.15, -0.1) is 0 Å². The highest BCUT2D eigenvalue weighted by molar-refractivity contribution is 6.00. The van der Waals surface area contributed by atoms with Gasteiger partial charge >= 0.3 is 5.97 Å². The van der Waals surface area contributed by atoms with Crippen molar-refractivity contribution in [3.05, 3.63) is 59.4 Å². The average molecular weight is 310 g/mol. The number of benzene rings is 1. The maximum absolute atomic E-state index is 12.1. The zero-order valence-electron chi connectivity index (χ0n) is 12.2. The molecule has 0 saturated carbocycles. The van der Waals surface area contributed by atoms with E-state index in [1.807, 2.05) is 0 Å². The van der Waals surface area contributed by atoms with E-state index in [4.69, 9.17) is 4.74 Å². The van der Waals surface area contributed by atoms with E-state index in [-0.39, 0.29) is 24.0 Å². The van der Waals surface area contributed by atoms with E-state index in [1.54, 1.807) is 30.3 Å². The maximum Gasteiger partial charge on any atom is 0.357 e. The predicted octanol–water partition coefficient (Wildman–Crippen LogP) is 2.01. The minimum absolute atomic E-state index is 0.0270. The second-order valence-electron chi connectivity index (χ2n) is 5.13. The van der Waals surface area contributed by atoms with Crippen LogP contribution in [0.15, 0.2) is 42.6 Å². The lowest BCUT2D eigenvalue weighted by Crippen LogP contribution is -2.20. The second-order valence-corrected chi connectivity index (χ2v) is 5.13. The molecule has 116 valence electrons. The fourth-order valence-corrected chi connectivity index (χ4v) is 2.33. The topological polar surface area (TPSA) is 85.4 Å². The number of carbonyl (C=O) groups excluding carboxylic acids is 3. The molecule has 0 fully saturated rings. The molecule has 1 amide bonds. The SMILES string of the molecule is O=C1CCc2cc(C(=O)COC(=O)c3ccccn3)ccc2N1. The summed E-state index contributed by atoms with van der Waals surface area (Å²) in [6, 6.07) is 9.92. The third-order valence-electron chi connectivity index (χ3n) is 3.53. The van der Waals surface area contributed by atoms with Crippen LogP contribution in [-0.4, -0.2) is 29.3 Å². The van der Waals surface area contributed by atoms with Crippen LogP contribution in [0.2, 0.25) is 0 Å². The molecule has 1 N–H and O–H groups in total. The lowest BCUT2D eigenvalue weighted by molar-refractivity contribution is -0.116. The minimum Gasteiger partial charge on any atom is -0.453 e. The molecule has 0 aliphatic carbocycles. The first kappa shape index (κ1) is 14.9. The fourth-order valence-electron chi connectivity index (χ4n) is 2.33. The van der Waals surface area contributed by atoms with Crippen molar-refractivity contribution in [2.45, 2.75) is 12.8 Å². The Hall–Kier alpha value is -3.02. The molecular formula is C17H14N2O4. The Kier molecular flexibility index (Phi) is 4.14. The zero-order valence-corrected chi connectivity index (χ0v) is 12.2. The number of aryl methyl sites for hydroxylation is 1. The van der Waals surface area contributed by atoms with Crippen molar-refractivity contribution in [2.24, 2.45) is 0 Å². The molecule has 1 aliphatic rings. The molecule has 0 radical (unpaired) electrons. The monoisotopic (exact) mass is 310 g/mol. The molecule has 1 aromatic carbocycles. The van der Waals surface area contributed by atoms with E-state index in [0.717, 1.165) is 11.3 Å². The molecule has 3 rings (SSSR count). The van der Waals surface area contributed by atoms with Crippen molar-refractivity contribution in [3.8, 4) is 0 Å². The highest BCUT2D eigenvalue weighted by Crippen LogP contribution is 2.23. The van der Waals surface area contributed by atoms with E-state index >= 15 is 0 Å². The van der Waals surface area contributed by atoms with Crippen LogP contribution >= 0.6 is 0 Å². The number of anilines is 1. The third-order valence-corrected chi connectivity index (χ3v) is 3.53. The number of hydrogen-bond donors (Lipinski definition) is 1. The number of rotatable bonds is 4. The summed E-state index contributed by atoms with van der Waals surface area (Å²) in [5, 5.41) is 2.75. The molecule has 1 aliphatic heterocycles. The molecule has 2 aromatic rings. The highest BCUT2D eigenvalue weighted by Gasteiger charge is 2.18. The maximum atomic E-state index is 12.1. The molecule has 23 heavy (non-hydrogen) atoms. The number of carbonyl (C=O) groups is 3. The smallest absolute Gasteiger partial charge is 0.357 e. The van der Waals surface area contributed by atoms with Gasteiger partial charge in [0.2, 0.25) is 5.91 Å². The Morgan fingerprint density at radius 2 is 2.04 bits per heavy atom. The number of nitrogens with one attached hydrogen (secondary N) is 1. The Balaban J connectivity index is 1.65. The minimum atomic E-state index is -0.635. The molecule has 2 heterocycles. The number of pyridine rings is 1. The molecule has 1 aromatic heterocycles. The summed E-state index contributed by atoms with van der Waals surface area (Å²) in [5.41, 5.74) is 2.25. The number of aromatic nitrogens is 1. The number of amides is 1. The van der Waals surface area contributed by atoms with E-state index in [1.165, 1.54) is 12.3 Å². The van der Waals surface area contributed by atoms with Crippen LogP contribution in [0.5, 0.6) is 0 Å². The Morgan fingerprint density at radius 1 is 1.17 bits per heavy atom. The lowest BCUT2D eigenvalue weighted by atomic mass is 9.99. The molecule has 0 unspecified atom stereocenters. The first-order valence-corrected chi connectivity index (χ1v) is 7.17. The molecular weight excluding hydrogens is 296 g/mol. The summed E-state index contributed by atoms with van der Waals surface area (Å²) in [5.74, 6) is -0.959. The van der Waals surface area contributed by atoms with Crippen molar-refractivity contribution >= 4 is 23.3 Å². The second kappa shape index (κ2) is 6.39. The van der Waals surface area contributed by atoms with Crippen LogP contribution in [-0.2, 0) is 16.0 Å². The summed E-state index contributed by atoms with van der Waals surface area (Å²) < 4.78 is 4.98. The standard InChI is InChI=1S/C17H14N2O4/c20-15(10-23-17(22)14-3-1-2-8-18-14)12-4-6-13-11(9-12)5-7-16(21)19-13/h1-4,6,8-9H,5,7,10H2,(H,19,21). The molecule has 0 atom stereocenters. The number of nitrogens with zero attached hydrogens (tertiary/aromatic N) is 1. The molecule has 6 nitrogen and oxygen atoms in total. The molecule has 0 spiro atoms. The van der Waals surface area contributed by atoms with Gasteiger partial charge in [0, 0.05) is 23.9 Å². The van der Waals surface area contributed by atoms with Crippen LogP contribution in [0.4, 0.5) is 5.69 Å². The van der Waals surface area contributed by atoms with Gasteiger partial charge in [-0.05, 0) is 42.3 Å². The molecule has 6 heteroatoms. The molecule has 0 bridgehead atoms. The Morgan fingerprint density at radius 3 is 2.83 bits per heavy atom. The quantitative estimate of drug-likeness (QED) is 0.689. The van der Waals surface area contributed by atoms with Gasteiger partial charge in [0.25, 0.3) is 0 Å². The van der Waals surface area contributed by atoms with Gasteiger partial charge < -0.3 is 10.1 Å². The van der Waals surface area contributed by atoms with Crippen molar-refractivity contribution in [3.63, 3.8) is 0 Å². The molecule has 0 saturated heterocycles. The van der Waals surface area contributed by atoms with Gasteiger partial charge in [-0.2, -0.15) is 0 Å². The number of esters is 1. The van der Waals surface area contributed by atoms with Crippen LogP contribution < -0.4 is 5.32 Å². The zero-order chi connectivity index (χ0) is 16.2. The Bertz CT molecular complexity index is 771. The van der Waals surface area contributed by atoms with Gasteiger partial charge in [0.05, 0.1) is 0 Å². The normalized spacial score (nSPS) is 13.0. The van der Waals surface area contributed by atoms with Gasteiger partial charge in [0.15, 0.2) is 12.4 Å². The third kappa shape index (κ3) is 3.42. The van der Waals surface area contributed by atoms with Crippen molar-refractivity contribution in [1.82, 2.24) is 4.98 Å². The van der Waals surface area contributed by atoms with Gasteiger partial charge in [-0.1, -0.05) is 6.07 Å². The number of ether oxygens (including phenoxy) is 1. The largest absolute Gasteiger partial charge is 0.453 e. The number of Topliss-reactive ketones (excluding diaryl/α,β-unsaturated/α-hetero) is 1. The Labute approximate surface area is 132 Å². The van der Waals surface area contributed by atoms with Gasteiger partial charge in [0.1, 0.15) is 5.69 Å². The van der Waals surface area contributed by atoms with Gasteiger partial charge in [-0.3, -0.25) is 9.59 Å². The van der Waals surface area contributed by atoms with E-state index < -0.39 is 5.97 Å². The van der Waals surface area contributed by atoms with Crippen LogP contribution in [0.25, 0.3) is 0 Å². The van der Waals surface area contributed by atoms with Gasteiger partial charge in [-0.25, -0.2) is 9.78 Å². The first-order valence-electron chi connectivity index (χ1n) is 7.17. The first-order chi connectivity index (χ1) is 11.1. The van der Waals surface area contributed by atoms with Crippen LogP contribution in [0.1, 0.15) is 32.8 Å². The van der Waals surface area contributed by atoms with E-state index in [0.29, 0.717) is 18.4 Å². The van der Waals surface area contributed by atoms with Crippen molar-refractivity contribution < 1.29 is 19.1 Å². The lowest BCUT2D eigenvalue weighted by Gasteiger charge is -2.17. The average Bonchev–Trinajstić information content (AvgIpc) is 2.59. The summed E-state index contributed by atoms with van der Waals surface area (Å²) >= 11 is 0. The highest BCUT2D eigenvalue weighted by atomic mass is 16.5.